The highest BCUT2D eigenvalue weighted by Crippen LogP contribution is 2.02. The molecular formula is C6H13N2O2S-. The first-order chi connectivity index (χ1) is 5.11. The Morgan fingerprint density at radius 1 is 1.82 bits per heavy atom. The number of nitrogens with two attached hydrogens (primary N) is 1. The van der Waals surface area contributed by atoms with E-state index in [2.05, 4.69) is 0 Å². The Balaban J connectivity index is 3.89. The third kappa shape index (κ3) is 4.23. The van der Waals surface area contributed by atoms with E-state index in [0.717, 1.165) is 6.42 Å². The van der Waals surface area contributed by atoms with Gasteiger partial charge in [0.25, 0.3) is 0 Å². The Kier molecular flexibility index (Phi) is 5.27. The summed E-state index contributed by atoms with van der Waals surface area (Å²) in [5, 5.41) is 7.30. The van der Waals surface area contributed by atoms with E-state index >= 15 is 0 Å². The predicted octanol–water partition coefficient (Wildman–Crippen LogP) is -0.130. The van der Waals surface area contributed by atoms with E-state index in [0.29, 0.717) is 6.54 Å². The molecule has 0 aliphatic heterocycles. The number of hydrogen-bond donors (Lipinski definition) is 2. The van der Waals surface area contributed by atoms with Crippen molar-refractivity contribution >= 4 is 16.8 Å². The molecule has 2 atom stereocenters. The van der Waals surface area contributed by atoms with E-state index in [1.165, 1.54) is 0 Å². The molecule has 0 aromatic heterocycles. The maximum atomic E-state index is 10.2. The van der Waals surface area contributed by atoms with Crippen LogP contribution in [0, 0.1) is 11.3 Å². The van der Waals surface area contributed by atoms with Crippen molar-refractivity contribution in [3.8, 4) is 0 Å². The van der Waals surface area contributed by atoms with Crippen molar-refractivity contribution in [2.45, 2.75) is 13.3 Å². The zero-order chi connectivity index (χ0) is 8.85. The first-order valence-corrected chi connectivity index (χ1v) is 4.69. The maximum Gasteiger partial charge on any atom is 0.0483 e. The first kappa shape index (κ1) is 10.7. The summed E-state index contributed by atoms with van der Waals surface area (Å²) in [6.07, 6.45) is 0.729. The second kappa shape index (κ2) is 5.40. The van der Waals surface area contributed by atoms with Gasteiger partial charge in [-0.25, -0.2) is 0 Å². The van der Waals surface area contributed by atoms with Crippen molar-refractivity contribution in [1.29, 1.82) is 5.41 Å². The van der Waals surface area contributed by atoms with Crippen molar-refractivity contribution in [2.75, 3.05) is 12.3 Å². The molecule has 0 aliphatic rings. The van der Waals surface area contributed by atoms with Crippen LogP contribution in [0.15, 0.2) is 0 Å². The molecule has 0 aromatic carbocycles. The SMILES string of the molecule is CCC(CN)C(=N)CS(=O)[O-]. The Bertz CT molecular complexity index is 157. The van der Waals surface area contributed by atoms with Crippen LogP contribution in [0.5, 0.6) is 0 Å². The quantitative estimate of drug-likeness (QED) is 0.452. The van der Waals surface area contributed by atoms with E-state index in [1.54, 1.807) is 0 Å². The van der Waals surface area contributed by atoms with Crippen LogP contribution < -0.4 is 5.73 Å². The highest BCUT2D eigenvalue weighted by Gasteiger charge is 2.09. The largest absolute Gasteiger partial charge is 0.772 e. The van der Waals surface area contributed by atoms with Crippen molar-refractivity contribution in [2.24, 2.45) is 11.7 Å². The van der Waals surface area contributed by atoms with Crippen LogP contribution >= 0.6 is 0 Å². The fourth-order valence-electron chi connectivity index (χ4n) is 0.800. The molecule has 2 unspecified atom stereocenters. The Hall–Kier alpha value is -0.260. The summed E-state index contributed by atoms with van der Waals surface area (Å²) in [6.45, 7) is 2.24. The van der Waals surface area contributed by atoms with Gasteiger partial charge in [-0.2, -0.15) is 0 Å². The van der Waals surface area contributed by atoms with Gasteiger partial charge in [0.05, 0.1) is 0 Å². The number of rotatable bonds is 5. The summed E-state index contributed by atoms with van der Waals surface area (Å²) in [7, 11) is 0. The molecule has 5 heteroatoms. The molecule has 11 heavy (non-hydrogen) atoms. The minimum Gasteiger partial charge on any atom is -0.772 e. The Morgan fingerprint density at radius 2 is 2.36 bits per heavy atom. The summed E-state index contributed by atoms with van der Waals surface area (Å²) in [6, 6.07) is 0. The molecule has 0 saturated carbocycles. The Morgan fingerprint density at radius 3 is 2.64 bits per heavy atom. The fourth-order valence-corrected chi connectivity index (χ4v) is 1.29. The molecule has 0 amide bonds. The van der Waals surface area contributed by atoms with Crippen LogP contribution in [0.2, 0.25) is 0 Å². The molecule has 0 heterocycles. The van der Waals surface area contributed by atoms with Crippen LogP contribution in [-0.2, 0) is 11.1 Å². The van der Waals surface area contributed by atoms with Gasteiger partial charge in [-0.05, 0) is 17.5 Å². The zero-order valence-electron chi connectivity index (χ0n) is 6.50. The molecule has 0 fully saturated rings. The minimum atomic E-state index is -2.15. The molecule has 0 aromatic rings. The smallest absolute Gasteiger partial charge is 0.0483 e. The minimum absolute atomic E-state index is 0.0760. The molecule has 4 nitrogen and oxygen atoms in total. The topological polar surface area (TPSA) is 90.0 Å². The van der Waals surface area contributed by atoms with Crippen LogP contribution in [-0.4, -0.2) is 26.8 Å². The second-order valence-electron chi connectivity index (χ2n) is 2.31. The molecular weight excluding hydrogens is 164 g/mol. The van der Waals surface area contributed by atoms with E-state index in [-0.39, 0.29) is 17.4 Å². The highest BCUT2D eigenvalue weighted by molar-refractivity contribution is 7.79. The summed E-state index contributed by atoms with van der Waals surface area (Å²) in [5.41, 5.74) is 5.53. The van der Waals surface area contributed by atoms with Gasteiger partial charge < -0.3 is 15.7 Å². The summed E-state index contributed by atoms with van der Waals surface area (Å²) in [4.78, 5) is 0. The van der Waals surface area contributed by atoms with Crippen LogP contribution in [0.25, 0.3) is 0 Å². The summed E-state index contributed by atoms with van der Waals surface area (Å²) >= 11 is -2.15. The molecule has 0 aliphatic carbocycles. The normalized spacial score (nSPS) is 15.9. The molecule has 0 rings (SSSR count). The molecule has 66 valence electrons. The monoisotopic (exact) mass is 177 g/mol. The lowest BCUT2D eigenvalue weighted by molar-refractivity contribution is 0.539. The van der Waals surface area contributed by atoms with E-state index in [4.69, 9.17) is 11.1 Å². The average molecular weight is 177 g/mol. The third-order valence-electron chi connectivity index (χ3n) is 1.54. The molecule has 0 saturated heterocycles. The summed E-state index contributed by atoms with van der Waals surface area (Å²) in [5.74, 6) is -0.261. The fraction of sp³-hybridized carbons (Fsp3) is 0.833. The van der Waals surface area contributed by atoms with Gasteiger partial charge in [-0.1, -0.05) is 6.92 Å². The molecule has 0 spiro atoms. The number of nitrogens with one attached hydrogen (secondary N) is 1. The lowest BCUT2D eigenvalue weighted by atomic mass is 10.0. The van der Waals surface area contributed by atoms with Crippen molar-refractivity contribution in [3.63, 3.8) is 0 Å². The Labute approximate surface area is 69.0 Å². The lowest BCUT2D eigenvalue weighted by Gasteiger charge is -2.14. The van der Waals surface area contributed by atoms with Gasteiger partial charge >= 0.3 is 0 Å². The van der Waals surface area contributed by atoms with Gasteiger partial charge in [0.15, 0.2) is 0 Å². The molecule has 0 radical (unpaired) electrons. The van der Waals surface area contributed by atoms with Crippen molar-refractivity contribution < 1.29 is 8.76 Å². The lowest BCUT2D eigenvalue weighted by Crippen LogP contribution is -2.26. The maximum absolute atomic E-state index is 10.2. The predicted molar refractivity (Wildman–Crippen MR) is 44.3 cm³/mol. The average Bonchev–Trinajstić information content (AvgIpc) is 1.88. The third-order valence-corrected chi connectivity index (χ3v) is 2.09. The van der Waals surface area contributed by atoms with Crippen molar-refractivity contribution in [3.05, 3.63) is 0 Å². The number of hydrogen-bond acceptors (Lipinski definition) is 4. The van der Waals surface area contributed by atoms with Crippen molar-refractivity contribution in [1.82, 2.24) is 0 Å². The summed E-state index contributed by atoms with van der Waals surface area (Å²) < 4.78 is 20.3. The van der Waals surface area contributed by atoms with Crippen LogP contribution in [0.1, 0.15) is 13.3 Å². The standard InChI is InChI=1S/C6H14N2O2S/c1-2-5(3-7)6(8)4-11(9)10/h5,8H,2-4,7H2,1H3,(H,9,10)/p-1. The highest BCUT2D eigenvalue weighted by atomic mass is 32.2. The zero-order valence-corrected chi connectivity index (χ0v) is 7.32. The van der Waals surface area contributed by atoms with E-state index < -0.39 is 11.1 Å². The van der Waals surface area contributed by atoms with Gasteiger partial charge in [0, 0.05) is 23.9 Å². The molecule has 0 bridgehead atoms. The molecule has 3 N–H and O–H groups in total. The van der Waals surface area contributed by atoms with Crippen LogP contribution in [0.3, 0.4) is 0 Å². The van der Waals surface area contributed by atoms with E-state index in [1.807, 2.05) is 6.92 Å². The second-order valence-corrected chi connectivity index (χ2v) is 3.21. The van der Waals surface area contributed by atoms with Gasteiger partial charge in [0.2, 0.25) is 0 Å². The van der Waals surface area contributed by atoms with Gasteiger partial charge in [-0.3, -0.25) is 4.21 Å². The van der Waals surface area contributed by atoms with Gasteiger partial charge in [-0.15, -0.1) is 0 Å². The van der Waals surface area contributed by atoms with Gasteiger partial charge in [0.1, 0.15) is 0 Å². The van der Waals surface area contributed by atoms with E-state index in [9.17, 15) is 8.76 Å². The van der Waals surface area contributed by atoms with Crippen LogP contribution in [0.4, 0.5) is 0 Å². The first-order valence-electron chi connectivity index (χ1n) is 3.45.